The lowest BCUT2D eigenvalue weighted by molar-refractivity contribution is 0.101. The number of likely N-dealkylation sites (N-methyl/N-ethyl adjacent to an activating group) is 1. The Bertz CT molecular complexity index is 1060. The summed E-state index contributed by atoms with van der Waals surface area (Å²) in [6, 6.07) is 11.1. The highest BCUT2D eigenvalue weighted by Crippen LogP contribution is 2.37. The first-order chi connectivity index (χ1) is 12.4. The standard InChI is InChI=1S/C19H17NO5S/c1-2-20-17(18(21)13-7-8-15-12(11-13)9-10-25-15)19(22)14-5-3-4-6-16(14)26(20,23)24/h3-8,11,22H,2,9-10H2,1H3. The molecular formula is C19H17NO5S. The van der Waals surface area contributed by atoms with Gasteiger partial charge in [0.1, 0.15) is 11.4 Å². The number of Topliss-reactive ketones (excluding diaryl/α,β-unsaturated/α-hetero) is 1. The second-order valence-corrected chi connectivity index (χ2v) is 7.94. The van der Waals surface area contributed by atoms with Crippen LogP contribution in [0.2, 0.25) is 0 Å². The van der Waals surface area contributed by atoms with E-state index in [-0.39, 0.29) is 28.5 Å². The van der Waals surface area contributed by atoms with Crippen LogP contribution >= 0.6 is 0 Å². The summed E-state index contributed by atoms with van der Waals surface area (Å²) in [5.41, 5.74) is 1.15. The molecular weight excluding hydrogens is 354 g/mol. The SMILES string of the molecule is CCN1C(C(=O)c2ccc3c(c2)CCO3)=C(O)c2ccccc2S1(=O)=O. The Kier molecular flexibility index (Phi) is 3.77. The number of rotatable bonds is 3. The average molecular weight is 371 g/mol. The van der Waals surface area contributed by atoms with Crippen LogP contribution in [0.25, 0.3) is 5.76 Å². The number of benzene rings is 2. The summed E-state index contributed by atoms with van der Waals surface area (Å²) in [7, 11) is -3.91. The molecule has 0 saturated carbocycles. The molecule has 134 valence electrons. The van der Waals surface area contributed by atoms with Crippen molar-refractivity contribution in [1.82, 2.24) is 4.31 Å². The van der Waals surface area contributed by atoms with E-state index >= 15 is 0 Å². The van der Waals surface area contributed by atoms with Crippen molar-refractivity contribution in [2.24, 2.45) is 0 Å². The van der Waals surface area contributed by atoms with E-state index in [1.54, 1.807) is 37.3 Å². The van der Waals surface area contributed by atoms with E-state index in [1.807, 2.05) is 0 Å². The molecule has 2 aliphatic heterocycles. The summed E-state index contributed by atoms with van der Waals surface area (Å²) in [6.07, 6.45) is 0.695. The number of hydrogen-bond donors (Lipinski definition) is 1. The molecule has 2 aromatic carbocycles. The average Bonchev–Trinajstić information content (AvgIpc) is 3.11. The third-order valence-corrected chi connectivity index (χ3v) is 6.57. The molecule has 2 aromatic rings. The molecule has 0 amide bonds. The molecule has 26 heavy (non-hydrogen) atoms. The van der Waals surface area contributed by atoms with Gasteiger partial charge in [-0.05, 0) is 42.8 Å². The van der Waals surface area contributed by atoms with Gasteiger partial charge >= 0.3 is 0 Å². The molecule has 0 bridgehead atoms. The fourth-order valence-electron chi connectivity index (χ4n) is 3.39. The first kappa shape index (κ1) is 16.7. The highest BCUT2D eigenvalue weighted by atomic mass is 32.2. The van der Waals surface area contributed by atoms with E-state index in [4.69, 9.17) is 4.74 Å². The second kappa shape index (κ2) is 5.88. The van der Waals surface area contributed by atoms with Gasteiger partial charge in [-0.3, -0.25) is 9.10 Å². The number of carbonyl (C=O) groups excluding carboxylic acids is 1. The van der Waals surface area contributed by atoms with Crippen molar-refractivity contribution in [2.45, 2.75) is 18.2 Å². The van der Waals surface area contributed by atoms with Gasteiger partial charge in [0.2, 0.25) is 5.78 Å². The number of sulfonamides is 1. The van der Waals surface area contributed by atoms with Gasteiger partial charge in [0.05, 0.1) is 11.5 Å². The summed E-state index contributed by atoms with van der Waals surface area (Å²) in [6.45, 7) is 2.22. The molecule has 2 heterocycles. The van der Waals surface area contributed by atoms with Crippen molar-refractivity contribution in [3.63, 3.8) is 0 Å². The normalized spacial score (nSPS) is 17.5. The van der Waals surface area contributed by atoms with E-state index in [2.05, 4.69) is 0 Å². The van der Waals surface area contributed by atoms with Crippen molar-refractivity contribution in [2.75, 3.05) is 13.2 Å². The first-order valence-corrected chi connectivity index (χ1v) is 9.75. The van der Waals surface area contributed by atoms with Crippen molar-refractivity contribution in [1.29, 1.82) is 0 Å². The van der Waals surface area contributed by atoms with Crippen molar-refractivity contribution >= 4 is 21.6 Å². The van der Waals surface area contributed by atoms with Crippen LogP contribution in [0, 0.1) is 0 Å². The van der Waals surface area contributed by atoms with Gasteiger partial charge < -0.3 is 9.84 Å². The zero-order chi connectivity index (χ0) is 18.5. The zero-order valence-corrected chi connectivity index (χ0v) is 14.9. The number of fused-ring (bicyclic) bond motifs is 2. The molecule has 0 aliphatic carbocycles. The van der Waals surface area contributed by atoms with Crippen LogP contribution in [0.5, 0.6) is 5.75 Å². The fraction of sp³-hybridized carbons (Fsp3) is 0.211. The maximum atomic E-state index is 13.1. The van der Waals surface area contributed by atoms with Crippen LogP contribution in [0.15, 0.2) is 53.1 Å². The van der Waals surface area contributed by atoms with Gasteiger partial charge in [0.15, 0.2) is 5.76 Å². The predicted molar refractivity (Wildman–Crippen MR) is 95.5 cm³/mol. The molecule has 0 saturated heterocycles. The summed E-state index contributed by atoms with van der Waals surface area (Å²) in [5, 5.41) is 10.7. The number of aliphatic hydroxyl groups is 1. The predicted octanol–water partition coefficient (Wildman–Crippen LogP) is 2.76. The van der Waals surface area contributed by atoms with Crippen LogP contribution in [-0.4, -0.2) is 36.8 Å². The summed E-state index contributed by atoms with van der Waals surface area (Å²) in [4.78, 5) is 13.1. The van der Waals surface area contributed by atoms with Crippen LogP contribution in [0.3, 0.4) is 0 Å². The molecule has 4 rings (SSSR count). The molecule has 0 fully saturated rings. The molecule has 6 nitrogen and oxygen atoms in total. The third-order valence-electron chi connectivity index (χ3n) is 4.64. The molecule has 2 aliphatic rings. The van der Waals surface area contributed by atoms with Crippen LogP contribution in [0.4, 0.5) is 0 Å². The van der Waals surface area contributed by atoms with Crippen LogP contribution in [-0.2, 0) is 16.4 Å². The minimum absolute atomic E-state index is 0.00162. The number of ketones is 1. The lowest BCUT2D eigenvalue weighted by Gasteiger charge is -2.30. The largest absolute Gasteiger partial charge is 0.505 e. The minimum atomic E-state index is -3.91. The summed E-state index contributed by atoms with van der Waals surface area (Å²) >= 11 is 0. The smallest absolute Gasteiger partial charge is 0.265 e. The number of hydrogen-bond acceptors (Lipinski definition) is 5. The quantitative estimate of drug-likeness (QED) is 0.839. The number of carbonyl (C=O) groups is 1. The van der Waals surface area contributed by atoms with Crippen LogP contribution in [0.1, 0.15) is 28.4 Å². The fourth-order valence-corrected chi connectivity index (χ4v) is 5.07. The Labute approximate surface area is 151 Å². The van der Waals surface area contributed by atoms with Gasteiger partial charge in [-0.15, -0.1) is 0 Å². The summed E-state index contributed by atoms with van der Waals surface area (Å²) < 4.78 is 32.3. The van der Waals surface area contributed by atoms with Crippen molar-refractivity contribution in [3.8, 4) is 5.75 Å². The number of ether oxygens (including phenoxy) is 1. The van der Waals surface area contributed by atoms with Gasteiger partial charge in [-0.1, -0.05) is 12.1 Å². The van der Waals surface area contributed by atoms with E-state index in [0.717, 1.165) is 15.6 Å². The first-order valence-electron chi connectivity index (χ1n) is 8.31. The number of nitrogens with zero attached hydrogens (tertiary/aromatic N) is 1. The second-order valence-electron chi connectivity index (χ2n) is 6.11. The topological polar surface area (TPSA) is 83.9 Å². The van der Waals surface area contributed by atoms with Crippen LogP contribution < -0.4 is 4.74 Å². The van der Waals surface area contributed by atoms with E-state index < -0.39 is 15.8 Å². The Balaban J connectivity index is 1.90. The minimum Gasteiger partial charge on any atom is -0.505 e. The molecule has 0 atom stereocenters. The maximum absolute atomic E-state index is 13.1. The van der Waals surface area contributed by atoms with E-state index in [9.17, 15) is 18.3 Å². The highest BCUT2D eigenvalue weighted by Gasteiger charge is 2.39. The highest BCUT2D eigenvalue weighted by molar-refractivity contribution is 7.89. The maximum Gasteiger partial charge on any atom is 0.265 e. The van der Waals surface area contributed by atoms with Crippen molar-refractivity contribution in [3.05, 3.63) is 64.9 Å². The van der Waals surface area contributed by atoms with Gasteiger partial charge in [-0.2, -0.15) is 0 Å². The molecule has 0 radical (unpaired) electrons. The summed E-state index contributed by atoms with van der Waals surface area (Å²) in [5.74, 6) is -0.120. The Morgan fingerprint density at radius 1 is 1.23 bits per heavy atom. The number of aliphatic hydroxyl groups excluding tert-OH is 1. The molecule has 0 aromatic heterocycles. The molecule has 1 N–H and O–H groups in total. The van der Waals surface area contributed by atoms with Gasteiger partial charge in [0, 0.05) is 24.1 Å². The molecule has 0 spiro atoms. The lowest BCUT2D eigenvalue weighted by atomic mass is 10.0. The third kappa shape index (κ3) is 2.31. The van der Waals surface area contributed by atoms with Crippen molar-refractivity contribution < 1.29 is 23.1 Å². The Hall–Kier alpha value is -2.80. The van der Waals surface area contributed by atoms with Gasteiger partial charge in [-0.25, -0.2) is 8.42 Å². The lowest BCUT2D eigenvalue weighted by Crippen LogP contribution is -2.38. The molecule has 0 unspecified atom stereocenters. The Morgan fingerprint density at radius 3 is 2.77 bits per heavy atom. The zero-order valence-electron chi connectivity index (χ0n) is 14.1. The monoisotopic (exact) mass is 371 g/mol. The van der Waals surface area contributed by atoms with Gasteiger partial charge in [0.25, 0.3) is 10.0 Å². The Morgan fingerprint density at radius 2 is 2.00 bits per heavy atom. The van der Waals surface area contributed by atoms with E-state index in [0.29, 0.717) is 18.6 Å². The number of allylic oxidation sites excluding steroid dienone is 1. The van der Waals surface area contributed by atoms with E-state index in [1.165, 1.54) is 12.1 Å². The molecule has 7 heteroatoms.